The van der Waals surface area contributed by atoms with Gasteiger partial charge in [0.25, 0.3) is 0 Å². The molecule has 3 heterocycles. The van der Waals surface area contributed by atoms with E-state index in [0.29, 0.717) is 22.4 Å². The second kappa shape index (κ2) is 7.54. The SMILES string of the molecule is CN(c1ccc(Nc2cc(-c3c(F)cccc3F)nc3c[nH]c(O)c23)nc1)C(C)(C)C. The van der Waals surface area contributed by atoms with Crippen molar-refractivity contribution < 1.29 is 13.9 Å². The number of aromatic hydroxyl groups is 1. The minimum atomic E-state index is -0.717. The Balaban J connectivity index is 1.76. The highest BCUT2D eigenvalue weighted by atomic mass is 19.1. The van der Waals surface area contributed by atoms with Gasteiger partial charge in [0.1, 0.15) is 17.5 Å². The van der Waals surface area contributed by atoms with E-state index in [1.807, 2.05) is 13.1 Å². The molecule has 0 amide bonds. The number of hydrogen-bond acceptors (Lipinski definition) is 5. The third kappa shape index (κ3) is 3.88. The van der Waals surface area contributed by atoms with E-state index in [1.54, 1.807) is 12.3 Å². The first kappa shape index (κ1) is 20.6. The Bertz CT molecular complexity index is 1230. The molecule has 4 aromatic rings. The van der Waals surface area contributed by atoms with Gasteiger partial charge in [-0.1, -0.05) is 6.07 Å². The number of nitrogens with one attached hydrogen (secondary N) is 2. The molecule has 3 aromatic heterocycles. The van der Waals surface area contributed by atoms with Gasteiger partial charge >= 0.3 is 0 Å². The molecule has 0 aliphatic rings. The third-order valence-corrected chi connectivity index (χ3v) is 5.25. The number of pyridine rings is 2. The van der Waals surface area contributed by atoms with Crippen molar-refractivity contribution in [3.8, 4) is 17.1 Å². The van der Waals surface area contributed by atoms with Gasteiger partial charge in [-0.25, -0.2) is 18.7 Å². The fraction of sp³-hybridized carbons (Fsp3) is 0.217. The number of rotatable bonds is 4. The number of aromatic nitrogens is 3. The van der Waals surface area contributed by atoms with Crippen LogP contribution in [0, 0.1) is 11.6 Å². The van der Waals surface area contributed by atoms with Crippen molar-refractivity contribution in [1.82, 2.24) is 15.0 Å². The van der Waals surface area contributed by atoms with Crippen molar-refractivity contribution in [2.75, 3.05) is 17.3 Å². The van der Waals surface area contributed by atoms with Gasteiger partial charge in [-0.05, 0) is 51.1 Å². The van der Waals surface area contributed by atoms with Crippen LogP contribution in [-0.2, 0) is 0 Å². The highest BCUT2D eigenvalue weighted by Gasteiger charge is 2.19. The Hall–Kier alpha value is -3.68. The molecule has 0 aliphatic carbocycles. The molecule has 0 atom stereocenters. The monoisotopic (exact) mass is 423 g/mol. The summed E-state index contributed by atoms with van der Waals surface area (Å²) in [6, 6.07) is 8.88. The third-order valence-electron chi connectivity index (χ3n) is 5.25. The molecule has 0 radical (unpaired) electrons. The van der Waals surface area contributed by atoms with Gasteiger partial charge in [-0.3, -0.25) is 0 Å². The summed E-state index contributed by atoms with van der Waals surface area (Å²) in [5.74, 6) is -1.02. The fourth-order valence-electron chi connectivity index (χ4n) is 3.28. The number of halogens is 2. The van der Waals surface area contributed by atoms with Crippen molar-refractivity contribution in [2.24, 2.45) is 0 Å². The topological polar surface area (TPSA) is 77.1 Å². The lowest BCUT2D eigenvalue weighted by Crippen LogP contribution is -2.38. The molecule has 0 fully saturated rings. The summed E-state index contributed by atoms with van der Waals surface area (Å²) in [5.41, 5.74) is 1.53. The van der Waals surface area contributed by atoms with Crippen LogP contribution in [0.2, 0.25) is 0 Å². The number of anilines is 3. The summed E-state index contributed by atoms with van der Waals surface area (Å²) in [5, 5.41) is 13.8. The average Bonchev–Trinajstić information content (AvgIpc) is 3.08. The number of nitrogens with zero attached hydrogens (tertiary/aromatic N) is 3. The summed E-state index contributed by atoms with van der Waals surface area (Å²) in [6.07, 6.45) is 3.22. The minimum absolute atomic E-state index is 0.0659. The molecular weight excluding hydrogens is 400 g/mol. The van der Waals surface area contributed by atoms with Gasteiger partial charge in [0.2, 0.25) is 0 Å². The highest BCUT2D eigenvalue weighted by Crippen LogP contribution is 2.36. The zero-order valence-corrected chi connectivity index (χ0v) is 17.7. The van der Waals surface area contributed by atoms with Gasteiger partial charge in [-0.15, -0.1) is 0 Å². The van der Waals surface area contributed by atoms with Gasteiger partial charge in [-0.2, -0.15) is 0 Å². The lowest BCUT2D eigenvalue weighted by Gasteiger charge is -2.33. The van der Waals surface area contributed by atoms with Gasteiger partial charge in [0, 0.05) is 18.8 Å². The van der Waals surface area contributed by atoms with Crippen LogP contribution in [0.25, 0.3) is 22.2 Å². The number of aromatic amines is 1. The zero-order chi connectivity index (χ0) is 22.3. The van der Waals surface area contributed by atoms with E-state index in [9.17, 15) is 13.9 Å². The van der Waals surface area contributed by atoms with E-state index >= 15 is 0 Å². The number of H-pyrrole nitrogens is 1. The standard InChI is InChI=1S/C23H23F2N5O/c1-23(2,3)30(4)13-8-9-19(26-11-13)29-17-10-16(20-14(24)6-5-7-15(20)25)28-18-12-27-22(31)21(17)18/h5-12,27,31H,1-4H3,(H,26,29). The quantitative estimate of drug-likeness (QED) is 0.399. The number of benzene rings is 1. The molecule has 0 saturated heterocycles. The van der Waals surface area contributed by atoms with E-state index < -0.39 is 11.6 Å². The molecule has 8 heteroatoms. The molecule has 3 N–H and O–H groups in total. The summed E-state index contributed by atoms with van der Waals surface area (Å²) in [6.45, 7) is 6.31. The maximum atomic E-state index is 14.3. The van der Waals surface area contributed by atoms with Crippen molar-refractivity contribution in [3.63, 3.8) is 0 Å². The van der Waals surface area contributed by atoms with Crippen LogP contribution < -0.4 is 10.2 Å². The second-order valence-corrected chi connectivity index (χ2v) is 8.31. The lowest BCUT2D eigenvalue weighted by atomic mass is 10.1. The first-order valence-corrected chi connectivity index (χ1v) is 9.77. The van der Waals surface area contributed by atoms with E-state index in [1.165, 1.54) is 30.5 Å². The molecule has 4 rings (SSSR count). The maximum Gasteiger partial charge on any atom is 0.200 e. The van der Waals surface area contributed by atoms with Gasteiger partial charge in [0.05, 0.1) is 39.7 Å². The molecule has 0 spiro atoms. The molecule has 0 unspecified atom stereocenters. The Kier molecular flexibility index (Phi) is 5.00. The minimum Gasteiger partial charge on any atom is -0.494 e. The van der Waals surface area contributed by atoms with Crippen LogP contribution in [0.15, 0.2) is 48.8 Å². The Morgan fingerprint density at radius 3 is 2.42 bits per heavy atom. The number of hydrogen-bond donors (Lipinski definition) is 3. The van der Waals surface area contributed by atoms with Crippen LogP contribution in [0.1, 0.15) is 20.8 Å². The van der Waals surface area contributed by atoms with Crippen LogP contribution in [0.4, 0.5) is 26.0 Å². The fourth-order valence-corrected chi connectivity index (χ4v) is 3.28. The molecule has 160 valence electrons. The molecule has 6 nitrogen and oxygen atoms in total. The Morgan fingerprint density at radius 1 is 1.10 bits per heavy atom. The van der Waals surface area contributed by atoms with Crippen molar-refractivity contribution >= 4 is 28.1 Å². The van der Waals surface area contributed by atoms with Crippen molar-refractivity contribution in [3.05, 3.63) is 60.4 Å². The summed E-state index contributed by atoms with van der Waals surface area (Å²) in [7, 11) is 1.99. The van der Waals surface area contributed by atoms with E-state index in [2.05, 4.69) is 45.9 Å². The normalized spacial score (nSPS) is 11.7. The van der Waals surface area contributed by atoms with Gasteiger partial charge < -0.3 is 20.3 Å². The number of fused-ring (bicyclic) bond motifs is 1. The van der Waals surface area contributed by atoms with Gasteiger partial charge in [0.15, 0.2) is 5.88 Å². The molecular formula is C23H23F2N5O. The van der Waals surface area contributed by atoms with Crippen molar-refractivity contribution in [2.45, 2.75) is 26.3 Å². The lowest BCUT2D eigenvalue weighted by molar-refractivity contribution is 0.463. The largest absolute Gasteiger partial charge is 0.494 e. The van der Waals surface area contributed by atoms with Crippen LogP contribution in [0.3, 0.4) is 0 Å². The Labute approximate surface area is 178 Å². The molecule has 0 aliphatic heterocycles. The predicted molar refractivity (Wildman–Crippen MR) is 119 cm³/mol. The average molecular weight is 423 g/mol. The highest BCUT2D eigenvalue weighted by molar-refractivity contribution is 5.99. The zero-order valence-electron chi connectivity index (χ0n) is 17.7. The van der Waals surface area contributed by atoms with E-state index in [0.717, 1.165) is 5.69 Å². The van der Waals surface area contributed by atoms with Crippen LogP contribution >= 0.6 is 0 Å². The predicted octanol–water partition coefficient (Wildman–Crippen LogP) is 5.59. The molecule has 31 heavy (non-hydrogen) atoms. The maximum absolute atomic E-state index is 14.3. The van der Waals surface area contributed by atoms with Crippen molar-refractivity contribution in [1.29, 1.82) is 0 Å². The van der Waals surface area contributed by atoms with E-state index in [4.69, 9.17) is 0 Å². The van der Waals surface area contributed by atoms with E-state index in [-0.39, 0.29) is 22.7 Å². The molecule has 0 saturated carbocycles. The first-order chi connectivity index (χ1) is 14.6. The Morgan fingerprint density at radius 2 is 1.81 bits per heavy atom. The summed E-state index contributed by atoms with van der Waals surface area (Å²) in [4.78, 5) is 13.6. The van der Waals surface area contributed by atoms with Crippen LogP contribution in [-0.4, -0.2) is 32.6 Å². The molecule has 1 aromatic carbocycles. The summed E-state index contributed by atoms with van der Waals surface area (Å²) < 4.78 is 28.7. The van der Waals surface area contributed by atoms with Crippen LogP contribution in [0.5, 0.6) is 5.88 Å². The smallest absolute Gasteiger partial charge is 0.200 e. The first-order valence-electron chi connectivity index (χ1n) is 9.77. The summed E-state index contributed by atoms with van der Waals surface area (Å²) >= 11 is 0. The second-order valence-electron chi connectivity index (χ2n) is 8.31. The molecule has 0 bridgehead atoms.